The molecule has 9 heteroatoms. The van der Waals surface area contributed by atoms with Crippen LogP contribution in [0, 0.1) is 11.8 Å². The van der Waals surface area contributed by atoms with E-state index in [1.54, 1.807) is 11.0 Å². The quantitative estimate of drug-likeness (QED) is 0.152. The van der Waals surface area contributed by atoms with E-state index in [0.29, 0.717) is 25.9 Å². The number of benzene rings is 1. The second-order valence-corrected chi connectivity index (χ2v) is 11.8. The summed E-state index contributed by atoms with van der Waals surface area (Å²) in [5, 5.41) is 10.6. The number of halogens is 1. The first-order valence-corrected chi connectivity index (χ1v) is 14.7. The number of hydrogen-bond acceptors (Lipinski definition) is 6. The molecule has 1 spiro atoms. The topological polar surface area (TPSA) is 96.4 Å². The Kier molecular flexibility index (Phi) is 9.67. The van der Waals surface area contributed by atoms with E-state index in [-0.39, 0.29) is 29.9 Å². The van der Waals surface area contributed by atoms with Gasteiger partial charge in [0.05, 0.1) is 30.6 Å². The Labute approximate surface area is 239 Å². The number of carbonyl (C=O) groups excluding carboxylic acids is 3. The molecule has 3 fully saturated rings. The highest BCUT2D eigenvalue weighted by molar-refractivity contribution is 9.09. The van der Waals surface area contributed by atoms with E-state index in [1.807, 2.05) is 30.3 Å². The number of amides is 2. The van der Waals surface area contributed by atoms with Gasteiger partial charge in [-0.15, -0.1) is 6.58 Å². The third kappa shape index (κ3) is 5.45. The predicted molar refractivity (Wildman–Crippen MR) is 151 cm³/mol. The van der Waals surface area contributed by atoms with Gasteiger partial charge in [0.1, 0.15) is 18.2 Å². The van der Waals surface area contributed by atoms with Gasteiger partial charge >= 0.3 is 5.97 Å². The number of aliphatic hydroxyl groups is 1. The molecular formula is C30H39BrN2O6. The van der Waals surface area contributed by atoms with Crippen molar-refractivity contribution in [2.24, 2.45) is 11.8 Å². The first kappa shape index (κ1) is 29.5. The Balaban J connectivity index is 1.77. The van der Waals surface area contributed by atoms with Crippen molar-refractivity contribution in [3.05, 3.63) is 61.2 Å². The van der Waals surface area contributed by atoms with Crippen LogP contribution in [0.3, 0.4) is 0 Å². The van der Waals surface area contributed by atoms with Crippen LogP contribution in [0.1, 0.15) is 38.2 Å². The summed E-state index contributed by atoms with van der Waals surface area (Å²) in [5.41, 5.74) is -0.277. The SMILES string of the molecule is C=CCOC(=O)[C@H]1[C@@H]2OC3(CC2Br)C(C(=O)N(CC=C)CCCCC)N([C@@H](CO)Cc2ccccc2)C(=O)[C@H]13. The number of ether oxygens (including phenoxy) is 2. The van der Waals surface area contributed by atoms with Crippen LogP contribution in [0.15, 0.2) is 55.6 Å². The van der Waals surface area contributed by atoms with Gasteiger partial charge in [0, 0.05) is 17.9 Å². The third-order valence-electron chi connectivity index (χ3n) is 8.19. The van der Waals surface area contributed by atoms with Crippen LogP contribution in [0.5, 0.6) is 0 Å². The molecule has 0 saturated carbocycles. The van der Waals surface area contributed by atoms with Crippen LogP contribution in [0.4, 0.5) is 0 Å². The molecule has 3 unspecified atom stereocenters. The predicted octanol–water partition coefficient (Wildman–Crippen LogP) is 3.27. The van der Waals surface area contributed by atoms with E-state index in [0.717, 1.165) is 24.8 Å². The van der Waals surface area contributed by atoms with Gasteiger partial charge in [-0.2, -0.15) is 0 Å². The summed E-state index contributed by atoms with van der Waals surface area (Å²) in [6.07, 6.45) is 6.12. The molecule has 1 aromatic carbocycles. The van der Waals surface area contributed by atoms with Gasteiger partial charge < -0.3 is 24.4 Å². The van der Waals surface area contributed by atoms with Gasteiger partial charge in [0.2, 0.25) is 11.8 Å². The van der Waals surface area contributed by atoms with Crippen molar-refractivity contribution in [1.29, 1.82) is 0 Å². The minimum atomic E-state index is -1.21. The highest BCUT2D eigenvalue weighted by Crippen LogP contribution is 2.60. The first-order valence-electron chi connectivity index (χ1n) is 13.8. The number of hydrogen-bond donors (Lipinski definition) is 1. The van der Waals surface area contributed by atoms with Gasteiger partial charge in [-0.25, -0.2) is 0 Å². The van der Waals surface area contributed by atoms with E-state index in [9.17, 15) is 19.5 Å². The molecule has 0 radical (unpaired) electrons. The number of fused-ring (bicyclic) bond motifs is 1. The average molecular weight is 604 g/mol. The zero-order chi connectivity index (χ0) is 28.2. The van der Waals surface area contributed by atoms with Crippen molar-refractivity contribution >= 4 is 33.7 Å². The van der Waals surface area contributed by atoms with Crippen molar-refractivity contribution in [3.8, 4) is 0 Å². The van der Waals surface area contributed by atoms with Crippen LogP contribution < -0.4 is 0 Å². The van der Waals surface area contributed by atoms with Gasteiger partial charge in [-0.05, 0) is 24.8 Å². The van der Waals surface area contributed by atoms with Crippen molar-refractivity contribution < 1.29 is 29.0 Å². The molecule has 3 heterocycles. The molecule has 212 valence electrons. The normalized spacial score (nSPS) is 29.7. The Hall–Kier alpha value is -2.49. The molecule has 2 amide bonds. The average Bonchev–Trinajstić information content (AvgIpc) is 3.53. The molecule has 4 rings (SSSR count). The number of esters is 1. The lowest BCUT2D eigenvalue weighted by atomic mass is 9.70. The molecule has 39 heavy (non-hydrogen) atoms. The van der Waals surface area contributed by atoms with Gasteiger partial charge in [0.15, 0.2) is 0 Å². The largest absolute Gasteiger partial charge is 0.461 e. The van der Waals surface area contributed by atoms with Gasteiger partial charge in [0.25, 0.3) is 0 Å². The van der Waals surface area contributed by atoms with Crippen LogP contribution in [-0.4, -0.2) is 87.6 Å². The van der Waals surface area contributed by atoms with E-state index >= 15 is 0 Å². The number of likely N-dealkylation sites (tertiary alicyclic amines) is 1. The van der Waals surface area contributed by atoms with Crippen molar-refractivity contribution in [3.63, 3.8) is 0 Å². The number of unbranched alkanes of at least 4 members (excludes halogenated alkanes) is 2. The zero-order valence-corrected chi connectivity index (χ0v) is 24.1. The smallest absolute Gasteiger partial charge is 0.312 e. The lowest BCUT2D eigenvalue weighted by Gasteiger charge is -2.39. The summed E-state index contributed by atoms with van der Waals surface area (Å²) in [4.78, 5) is 45.0. The zero-order valence-electron chi connectivity index (χ0n) is 22.5. The molecule has 0 aliphatic carbocycles. The van der Waals surface area contributed by atoms with Crippen LogP contribution in [0.2, 0.25) is 0 Å². The second-order valence-electron chi connectivity index (χ2n) is 10.6. The van der Waals surface area contributed by atoms with Crippen molar-refractivity contribution in [2.75, 3.05) is 26.3 Å². The van der Waals surface area contributed by atoms with Gasteiger partial charge in [-0.1, -0.05) is 84.8 Å². The summed E-state index contributed by atoms with van der Waals surface area (Å²) in [6, 6.07) is 7.91. The fourth-order valence-electron chi connectivity index (χ4n) is 6.56. The Morgan fingerprint density at radius 1 is 1.28 bits per heavy atom. The van der Waals surface area contributed by atoms with Gasteiger partial charge in [-0.3, -0.25) is 14.4 Å². The Morgan fingerprint density at radius 2 is 2.03 bits per heavy atom. The highest BCUT2D eigenvalue weighted by atomic mass is 79.9. The lowest BCUT2D eigenvalue weighted by Crippen LogP contribution is -2.59. The van der Waals surface area contributed by atoms with Crippen molar-refractivity contribution in [1.82, 2.24) is 9.80 Å². The number of aliphatic hydroxyl groups excluding tert-OH is 1. The fraction of sp³-hybridized carbons (Fsp3) is 0.567. The highest BCUT2D eigenvalue weighted by Gasteiger charge is 2.77. The number of rotatable bonds is 14. The molecule has 1 aromatic rings. The van der Waals surface area contributed by atoms with Crippen molar-refractivity contribution in [2.45, 2.75) is 67.6 Å². The van der Waals surface area contributed by atoms with E-state index in [1.165, 1.54) is 11.0 Å². The second kappa shape index (κ2) is 12.8. The monoisotopic (exact) mass is 602 g/mol. The lowest BCUT2D eigenvalue weighted by molar-refractivity contribution is -0.155. The maximum absolute atomic E-state index is 14.4. The maximum atomic E-state index is 14.4. The number of carbonyl (C=O) groups is 3. The minimum absolute atomic E-state index is 0.0206. The van der Waals surface area contributed by atoms with Crippen LogP contribution in [-0.2, 0) is 30.3 Å². The van der Waals surface area contributed by atoms with Crippen LogP contribution in [0.25, 0.3) is 0 Å². The molecule has 3 saturated heterocycles. The van der Waals surface area contributed by atoms with E-state index < -0.39 is 41.6 Å². The van der Waals surface area contributed by atoms with E-state index in [2.05, 4.69) is 36.0 Å². The molecule has 1 N–H and O–H groups in total. The molecular weight excluding hydrogens is 564 g/mol. The summed E-state index contributed by atoms with van der Waals surface area (Å²) in [5.74, 6) is -2.87. The molecule has 0 aromatic heterocycles. The molecule has 3 aliphatic heterocycles. The Morgan fingerprint density at radius 3 is 2.67 bits per heavy atom. The number of alkyl halides is 1. The summed E-state index contributed by atoms with van der Waals surface area (Å²) in [6.45, 7) is 10.1. The molecule has 7 atom stereocenters. The summed E-state index contributed by atoms with van der Waals surface area (Å²) < 4.78 is 12.0. The fourth-order valence-corrected chi connectivity index (χ4v) is 7.50. The minimum Gasteiger partial charge on any atom is -0.461 e. The first-order chi connectivity index (χ1) is 18.8. The van der Waals surface area contributed by atoms with E-state index in [4.69, 9.17) is 9.47 Å². The summed E-state index contributed by atoms with van der Waals surface area (Å²) >= 11 is 3.67. The maximum Gasteiger partial charge on any atom is 0.312 e. The van der Waals surface area contributed by atoms with Crippen LogP contribution >= 0.6 is 15.9 Å². The number of nitrogens with zero attached hydrogens (tertiary/aromatic N) is 2. The molecule has 3 aliphatic rings. The molecule has 8 nitrogen and oxygen atoms in total. The third-order valence-corrected chi connectivity index (χ3v) is 9.03. The Bertz CT molecular complexity index is 1070. The standard InChI is InChI=1S/C30H39BrN2O6/c1-4-7-11-15-32(14-5-2)28(36)26-30-18-22(31)25(39-30)23(29(37)38-16-6-3)24(30)27(35)33(26)21(19-34)17-20-12-9-8-10-13-20/h5-6,8-10,12-13,21-26,34H,2-4,7,11,14-19H2,1H3/t21-,22?,23-,24+,25-,26?,30?/m1/s1. The molecule has 2 bridgehead atoms. The summed E-state index contributed by atoms with van der Waals surface area (Å²) in [7, 11) is 0.